The Kier molecular flexibility index (Phi) is 1.81. The van der Waals surface area contributed by atoms with Crippen LogP contribution in [0.2, 0.25) is 0 Å². The maximum absolute atomic E-state index is 11.5. The van der Waals surface area contributed by atoms with Crippen molar-refractivity contribution in [2.75, 3.05) is 0 Å². The lowest BCUT2D eigenvalue weighted by Gasteiger charge is -2.11. The van der Waals surface area contributed by atoms with Crippen LogP contribution in [0.3, 0.4) is 0 Å². The van der Waals surface area contributed by atoms with Crippen molar-refractivity contribution in [2.24, 2.45) is 4.99 Å². The Labute approximate surface area is 78.4 Å². The van der Waals surface area contributed by atoms with Gasteiger partial charge in [0.25, 0.3) is 0 Å². The number of halogens is 1. The zero-order valence-electron chi connectivity index (χ0n) is 6.20. The Bertz CT molecular complexity index is 359. The van der Waals surface area contributed by atoms with E-state index in [0.29, 0.717) is 5.56 Å². The normalized spacial score (nSPS) is 20.8. The molecule has 1 aliphatic rings. The average Bonchev–Trinajstić information content (AvgIpc) is 2.12. The van der Waals surface area contributed by atoms with Crippen molar-refractivity contribution in [1.82, 2.24) is 0 Å². The van der Waals surface area contributed by atoms with Crippen LogP contribution in [-0.4, -0.2) is 16.8 Å². The highest BCUT2D eigenvalue weighted by Crippen LogP contribution is 2.25. The van der Waals surface area contributed by atoms with E-state index in [2.05, 4.69) is 20.9 Å². The number of carbonyl (C=O) groups excluding carboxylic acids is 1. The summed E-state index contributed by atoms with van der Waals surface area (Å²) in [5.41, 5.74) is 1.46. The van der Waals surface area contributed by atoms with Gasteiger partial charge in [-0.05, 0) is 12.1 Å². The van der Waals surface area contributed by atoms with Crippen molar-refractivity contribution in [1.29, 1.82) is 0 Å². The number of nitrogens with zero attached hydrogens (tertiary/aromatic N) is 1. The van der Waals surface area contributed by atoms with Gasteiger partial charge in [0, 0.05) is 11.8 Å². The zero-order valence-corrected chi connectivity index (χ0v) is 7.78. The molecule has 1 atom stereocenters. The van der Waals surface area contributed by atoms with Crippen molar-refractivity contribution in [3.05, 3.63) is 29.8 Å². The number of alkyl halides is 1. The summed E-state index contributed by atoms with van der Waals surface area (Å²) in [6.07, 6.45) is 1.62. The first kappa shape index (κ1) is 7.68. The molecule has 0 aromatic heterocycles. The fourth-order valence-electron chi connectivity index (χ4n) is 1.16. The van der Waals surface area contributed by atoms with Gasteiger partial charge in [-0.2, -0.15) is 0 Å². The maximum atomic E-state index is 11.5. The standard InChI is InChI=1S/C9H6BrNO/c10-7-5-11-8-4-2-1-3-6(8)9(7)12/h1-5,7H. The Hall–Kier alpha value is -0.960. The first-order valence-electron chi connectivity index (χ1n) is 3.60. The van der Waals surface area contributed by atoms with Gasteiger partial charge in [-0.25, -0.2) is 0 Å². The Morgan fingerprint density at radius 1 is 1.33 bits per heavy atom. The highest BCUT2D eigenvalue weighted by Gasteiger charge is 2.21. The van der Waals surface area contributed by atoms with Gasteiger partial charge in [0.15, 0.2) is 5.78 Å². The van der Waals surface area contributed by atoms with Gasteiger partial charge in [0.1, 0.15) is 4.83 Å². The first-order valence-corrected chi connectivity index (χ1v) is 4.52. The Morgan fingerprint density at radius 2 is 2.08 bits per heavy atom. The van der Waals surface area contributed by atoms with Crippen LogP contribution in [0.5, 0.6) is 0 Å². The Morgan fingerprint density at radius 3 is 2.92 bits per heavy atom. The van der Waals surface area contributed by atoms with Gasteiger partial charge in [0.2, 0.25) is 0 Å². The van der Waals surface area contributed by atoms with E-state index >= 15 is 0 Å². The van der Waals surface area contributed by atoms with Crippen molar-refractivity contribution in [3.8, 4) is 0 Å². The molecule has 1 aromatic carbocycles. The minimum atomic E-state index is -0.257. The monoisotopic (exact) mass is 223 g/mol. The summed E-state index contributed by atoms with van der Waals surface area (Å²) in [7, 11) is 0. The highest BCUT2D eigenvalue weighted by atomic mass is 79.9. The van der Waals surface area contributed by atoms with E-state index in [9.17, 15) is 4.79 Å². The molecular weight excluding hydrogens is 218 g/mol. The minimum Gasteiger partial charge on any atom is -0.292 e. The number of rotatable bonds is 0. The lowest BCUT2D eigenvalue weighted by atomic mass is 10.0. The SMILES string of the molecule is O=C1c2ccccc2N=CC1Br. The number of fused-ring (bicyclic) bond motifs is 1. The quantitative estimate of drug-likeness (QED) is 0.622. The second-order valence-corrected chi connectivity index (χ2v) is 3.55. The van der Waals surface area contributed by atoms with Crippen LogP contribution < -0.4 is 0 Å². The zero-order chi connectivity index (χ0) is 8.55. The van der Waals surface area contributed by atoms with E-state index in [0.717, 1.165) is 5.69 Å². The lowest BCUT2D eigenvalue weighted by Crippen LogP contribution is -2.18. The van der Waals surface area contributed by atoms with Crippen molar-refractivity contribution < 1.29 is 4.79 Å². The summed E-state index contributed by atoms with van der Waals surface area (Å²) in [5, 5.41) is 0. The van der Waals surface area contributed by atoms with Gasteiger partial charge >= 0.3 is 0 Å². The number of carbonyl (C=O) groups is 1. The molecule has 1 heterocycles. The van der Waals surface area contributed by atoms with E-state index in [-0.39, 0.29) is 10.6 Å². The van der Waals surface area contributed by atoms with E-state index in [1.807, 2.05) is 18.2 Å². The van der Waals surface area contributed by atoms with Crippen LogP contribution in [0.15, 0.2) is 29.3 Å². The number of Topliss-reactive ketones (excluding diaryl/α,β-unsaturated/α-hetero) is 1. The molecule has 1 aliphatic heterocycles. The summed E-state index contributed by atoms with van der Waals surface area (Å²) in [6.45, 7) is 0. The molecule has 1 aromatic rings. The van der Waals surface area contributed by atoms with E-state index < -0.39 is 0 Å². The third-order valence-electron chi connectivity index (χ3n) is 1.76. The fourth-order valence-corrected chi connectivity index (χ4v) is 1.52. The van der Waals surface area contributed by atoms with E-state index in [1.54, 1.807) is 12.3 Å². The average molecular weight is 224 g/mol. The number of benzene rings is 1. The number of ketones is 1. The summed E-state index contributed by atoms with van der Waals surface area (Å²) in [6, 6.07) is 7.35. The summed E-state index contributed by atoms with van der Waals surface area (Å²) in [5.74, 6) is 0.0839. The van der Waals surface area contributed by atoms with E-state index in [1.165, 1.54) is 0 Å². The summed E-state index contributed by atoms with van der Waals surface area (Å²) < 4.78 is 0. The molecule has 0 saturated carbocycles. The molecule has 12 heavy (non-hydrogen) atoms. The third kappa shape index (κ3) is 1.10. The molecule has 0 N–H and O–H groups in total. The molecule has 0 amide bonds. The van der Waals surface area contributed by atoms with Gasteiger partial charge in [-0.15, -0.1) is 0 Å². The number of aliphatic imine (C=N–C) groups is 1. The van der Waals surface area contributed by atoms with Crippen LogP contribution in [0.25, 0.3) is 0 Å². The molecule has 1 unspecified atom stereocenters. The van der Waals surface area contributed by atoms with Crippen molar-refractivity contribution >= 4 is 33.6 Å². The van der Waals surface area contributed by atoms with E-state index in [4.69, 9.17) is 0 Å². The molecule has 0 radical (unpaired) electrons. The van der Waals surface area contributed by atoms with Gasteiger partial charge < -0.3 is 0 Å². The predicted molar refractivity (Wildman–Crippen MR) is 51.6 cm³/mol. The second-order valence-electron chi connectivity index (χ2n) is 2.56. The Balaban J connectivity index is 2.59. The molecule has 0 saturated heterocycles. The second kappa shape index (κ2) is 2.83. The summed E-state index contributed by atoms with van der Waals surface area (Å²) >= 11 is 3.22. The largest absolute Gasteiger partial charge is 0.292 e. The molecular formula is C9H6BrNO. The molecule has 0 aliphatic carbocycles. The number of hydrogen-bond acceptors (Lipinski definition) is 2. The molecule has 2 rings (SSSR count). The first-order chi connectivity index (χ1) is 5.79. The lowest BCUT2D eigenvalue weighted by molar-refractivity contribution is 0.101. The molecule has 60 valence electrons. The van der Waals surface area contributed by atoms with Crippen LogP contribution in [-0.2, 0) is 0 Å². The van der Waals surface area contributed by atoms with Crippen molar-refractivity contribution in [3.63, 3.8) is 0 Å². The fraction of sp³-hybridized carbons (Fsp3) is 0.111. The van der Waals surface area contributed by atoms with Crippen LogP contribution in [0.4, 0.5) is 5.69 Å². The number of hydrogen-bond donors (Lipinski definition) is 0. The summed E-state index contributed by atoms with van der Waals surface area (Å²) in [4.78, 5) is 15.4. The van der Waals surface area contributed by atoms with Crippen LogP contribution >= 0.6 is 15.9 Å². The molecule has 2 nitrogen and oxygen atoms in total. The van der Waals surface area contributed by atoms with Crippen molar-refractivity contribution in [2.45, 2.75) is 4.83 Å². The van der Waals surface area contributed by atoms with Gasteiger partial charge in [0.05, 0.1) is 5.69 Å². The molecule has 3 heteroatoms. The smallest absolute Gasteiger partial charge is 0.184 e. The van der Waals surface area contributed by atoms with Crippen LogP contribution in [0.1, 0.15) is 10.4 Å². The highest BCUT2D eigenvalue weighted by molar-refractivity contribution is 9.10. The topological polar surface area (TPSA) is 29.4 Å². The van der Waals surface area contributed by atoms with Gasteiger partial charge in [-0.1, -0.05) is 28.1 Å². The van der Waals surface area contributed by atoms with Gasteiger partial charge in [-0.3, -0.25) is 9.79 Å². The predicted octanol–water partition coefficient (Wildman–Crippen LogP) is 2.35. The third-order valence-corrected chi connectivity index (χ3v) is 2.42. The molecule has 0 spiro atoms. The molecule has 0 fully saturated rings. The minimum absolute atomic E-state index is 0.0839. The van der Waals surface area contributed by atoms with Crippen LogP contribution in [0, 0.1) is 0 Å². The maximum Gasteiger partial charge on any atom is 0.184 e. The number of para-hydroxylation sites is 1. The molecule has 0 bridgehead atoms.